The molecular formula is C19H24. The van der Waals surface area contributed by atoms with Gasteiger partial charge < -0.3 is 0 Å². The Bertz CT molecular complexity index is 448. The molecule has 19 heavy (non-hydrogen) atoms. The number of rotatable bonds is 4. The van der Waals surface area contributed by atoms with Crippen molar-refractivity contribution in [3.63, 3.8) is 0 Å². The Kier molecular flexibility index (Phi) is 5.72. The van der Waals surface area contributed by atoms with Crippen LogP contribution in [0.15, 0.2) is 59.9 Å². The third kappa shape index (κ3) is 4.93. The molecule has 0 aliphatic heterocycles. The summed E-state index contributed by atoms with van der Waals surface area (Å²) in [7, 11) is 0. The minimum Gasteiger partial charge on any atom is -0.122 e. The Balaban J connectivity index is 2.18. The molecule has 100 valence electrons. The molecule has 0 saturated heterocycles. The van der Waals surface area contributed by atoms with E-state index in [1.165, 1.54) is 55.2 Å². The second-order valence-corrected chi connectivity index (χ2v) is 5.40. The maximum absolute atomic E-state index is 3.88. The fourth-order valence-electron chi connectivity index (χ4n) is 2.71. The summed E-state index contributed by atoms with van der Waals surface area (Å²) in [6.45, 7) is 3.88. The van der Waals surface area contributed by atoms with Crippen molar-refractivity contribution in [1.82, 2.24) is 0 Å². The van der Waals surface area contributed by atoms with Crippen LogP contribution in [0.25, 0.3) is 0 Å². The first-order valence-electron chi connectivity index (χ1n) is 7.49. The minimum atomic E-state index is 0.957. The largest absolute Gasteiger partial charge is 0.122 e. The number of benzene rings is 1. The van der Waals surface area contributed by atoms with Crippen LogP contribution in [0.4, 0.5) is 0 Å². The van der Waals surface area contributed by atoms with Crippen molar-refractivity contribution in [3.05, 3.63) is 65.4 Å². The molecule has 1 aromatic rings. The molecule has 1 saturated carbocycles. The summed E-state index contributed by atoms with van der Waals surface area (Å²) in [5.41, 5.74) is 8.00. The molecule has 0 aromatic heterocycles. The average molecular weight is 252 g/mol. The van der Waals surface area contributed by atoms with E-state index in [0.29, 0.717) is 0 Å². The first-order valence-corrected chi connectivity index (χ1v) is 7.49. The van der Waals surface area contributed by atoms with E-state index < -0.39 is 0 Å². The van der Waals surface area contributed by atoms with Gasteiger partial charge in [-0.1, -0.05) is 49.2 Å². The van der Waals surface area contributed by atoms with Crippen molar-refractivity contribution in [1.29, 1.82) is 0 Å². The smallest absolute Gasteiger partial charge is 0.00123 e. The van der Waals surface area contributed by atoms with Crippen molar-refractivity contribution >= 4 is 0 Å². The van der Waals surface area contributed by atoms with Crippen molar-refractivity contribution < 1.29 is 0 Å². The Labute approximate surface area is 117 Å². The summed E-state index contributed by atoms with van der Waals surface area (Å²) in [6, 6.07) is 10.7. The van der Waals surface area contributed by atoms with Crippen LogP contribution in [0.1, 0.15) is 50.5 Å². The van der Waals surface area contributed by atoms with Gasteiger partial charge in [-0.25, -0.2) is 0 Å². The van der Waals surface area contributed by atoms with Crippen molar-refractivity contribution in [2.24, 2.45) is 0 Å². The van der Waals surface area contributed by atoms with Gasteiger partial charge in [0.1, 0.15) is 0 Å². The molecule has 1 fully saturated rings. The van der Waals surface area contributed by atoms with Gasteiger partial charge >= 0.3 is 0 Å². The molecule has 1 aromatic carbocycles. The monoisotopic (exact) mass is 252 g/mol. The third-order valence-electron chi connectivity index (χ3n) is 3.71. The highest BCUT2D eigenvalue weighted by molar-refractivity contribution is 5.24. The van der Waals surface area contributed by atoms with E-state index in [1.54, 1.807) is 0 Å². The highest BCUT2D eigenvalue weighted by Gasteiger charge is 2.04. The zero-order valence-corrected chi connectivity index (χ0v) is 11.8. The summed E-state index contributed by atoms with van der Waals surface area (Å²) < 4.78 is 0. The van der Waals surface area contributed by atoms with E-state index in [9.17, 15) is 0 Å². The molecule has 1 aliphatic rings. The molecule has 2 rings (SSSR count). The van der Waals surface area contributed by atoms with E-state index >= 15 is 0 Å². The highest BCUT2D eigenvalue weighted by atomic mass is 14.1. The van der Waals surface area contributed by atoms with E-state index in [-0.39, 0.29) is 0 Å². The van der Waals surface area contributed by atoms with Gasteiger partial charge in [-0.15, -0.1) is 12.3 Å². The zero-order chi connectivity index (χ0) is 13.3. The van der Waals surface area contributed by atoms with E-state index in [1.807, 2.05) is 6.08 Å². The van der Waals surface area contributed by atoms with Crippen LogP contribution in [0.5, 0.6) is 0 Å². The van der Waals surface area contributed by atoms with Crippen molar-refractivity contribution in [2.75, 3.05) is 0 Å². The molecule has 0 atom stereocenters. The summed E-state index contributed by atoms with van der Waals surface area (Å²) in [6.07, 6.45) is 11.9. The fraction of sp³-hybridized carbons (Fsp3) is 0.421. The SMILES string of the molecule is C=CCC(=C=C1CCCCCC1)Cc1ccccc1. The molecule has 1 aliphatic carbocycles. The van der Waals surface area contributed by atoms with Crippen molar-refractivity contribution in [2.45, 2.75) is 51.4 Å². The number of hydrogen-bond donors (Lipinski definition) is 0. The number of hydrogen-bond acceptors (Lipinski definition) is 0. The molecule has 0 amide bonds. The van der Waals surface area contributed by atoms with Crippen LogP contribution in [0, 0.1) is 0 Å². The Morgan fingerprint density at radius 1 is 1.05 bits per heavy atom. The molecule has 0 nitrogen and oxygen atoms in total. The predicted molar refractivity (Wildman–Crippen MR) is 83.2 cm³/mol. The van der Waals surface area contributed by atoms with Crippen LogP contribution >= 0.6 is 0 Å². The van der Waals surface area contributed by atoms with Gasteiger partial charge in [0.05, 0.1) is 0 Å². The summed E-state index contributed by atoms with van der Waals surface area (Å²) >= 11 is 0. The lowest BCUT2D eigenvalue weighted by Gasteiger charge is -2.04. The standard InChI is InChI=1S/C19H24/c1-2-10-19(16-18-13-8-5-9-14-18)15-17-11-6-3-4-7-12-17/h2,5,8-9,13-14H,1,3-4,6-7,10-12,16H2. The van der Waals surface area contributed by atoms with Gasteiger partial charge in [0.15, 0.2) is 0 Å². The molecule has 0 spiro atoms. The van der Waals surface area contributed by atoms with Crippen molar-refractivity contribution in [3.8, 4) is 0 Å². The highest BCUT2D eigenvalue weighted by Crippen LogP contribution is 2.22. The van der Waals surface area contributed by atoms with Crippen LogP contribution in [0.2, 0.25) is 0 Å². The second-order valence-electron chi connectivity index (χ2n) is 5.40. The quantitative estimate of drug-likeness (QED) is 0.371. The van der Waals surface area contributed by atoms with Crippen LogP contribution in [-0.2, 0) is 6.42 Å². The minimum absolute atomic E-state index is 0.957. The Hall–Kier alpha value is -1.52. The predicted octanol–water partition coefficient (Wildman–Crippen LogP) is 5.61. The lowest BCUT2D eigenvalue weighted by molar-refractivity contribution is 0.702. The summed E-state index contributed by atoms with van der Waals surface area (Å²) in [5.74, 6) is 0. The normalized spacial score (nSPS) is 15.5. The number of allylic oxidation sites excluding steroid dienone is 2. The van der Waals surface area contributed by atoms with Crippen LogP contribution in [0.3, 0.4) is 0 Å². The van der Waals surface area contributed by atoms with Crippen LogP contribution < -0.4 is 0 Å². The van der Waals surface area contributed by atoms with E-state index in [2.05, 4.69) is 42.6 Å². The fourth-order valence-corrected chi connectivity index (χ4v) is 2.71. The molecule has 0 unspecified atom stereocenters. The van der Waals surface area contributed by atoms with Gasteiger partial charge in [0, 0.05) is 6.42 Å². The van der Waals surface area contributed by atoms with Gasteiger partial charge in [0.2, 0.25) is 0 Å². The summed E-state index contributed by atoms with van der Waals surface area (Å²) in [5, 5.41) is 0. The molecule has 0 bridgehead atoms. The van der Waals surface area contributed by atoms with Gasteiger partial charge in [-0.3, -0.25) is 0 Å². The molecule has 0 heterocycles. The van der Waals surface area contributed by atoms with Gasteiger partial charge in [-0.05, 0) is 48.8 Å². The molecule has 0 radical (unpaired) electrons. The first kappa shape index (κ1) is 13.9. The first-order chi connectivity index (χ1) is 9.38. The zero-order valence-electron chi connectivity index (χ0n) is 11.8. The van der Waals surface area contributed by atoms with Gasteiger partial charge in [-0.2, -0.15) is 0 Å². The van der Waals surface area contributed by atoms with Gasteiger partial charge in [0.25, 0.3) is 0 Å². The van der Waals surface area contributed by atoms with Crippen LogP contribution in [-0.4, -0.2) is 0 Å². The molecule has 0 N–H and O–H groups in total. The maximum atomic E-state index is 3.88. The summed E-state index contributed by atoms with van der Waals surface area (Å²) in [4.78, 5) is 0. The third-order valence-corrected chi connectivity index (χ3v) is 3.71. The molecular weight excluding hydrogens is 228 g/mol. The Morgan fingerprint density at radius 2 is 1.74 bits per heavy atom. The van der Waals surface area contributed by atoms with E-state index in [4.69, 9.17) is 0 Å². The molecule has 0 heteroatoms. The second kappa shape index (κ2) is 7.81. The lowest BCUT2D eigenvalue weighted by Crippen LogP contribution is -1.89. The maximum Gasteiger partial charge on any atom is 0.00123 e. The van der Waals surface area contributed by atoms with E-state index in [0.717, 1.165) is 12.8 Å². The average Bonchev–Trinajstić information content (AvgIpc) is 2.69. The topological polar surface area (TPSA) is 0 Å². The lowest BCUT2D eigenvalue weighted by atomic mass is 10.0. The Morgan fingerprint density at radius 3 is 2.37 bits per heavy atom.